The van der Waals surface area contributed by atoms with Crippen molar-refractivity contribution in [1.29, 1.82) is 0 Å². The van der Waals surface area contributed by atoms with E-state index in [2.05, 4.69) is 5.32 Å². The minimum absolute atomic E-state index is 0.0000970. The molecule has 0 spiro atoms. The Kier molecular flexibility index (Phi) is 9.09. The van der Waals surface area contributed by atoms with Crippen LogP contribution in [0.3, 0.4) is 0 Å². The van der Waals surface area contributed by atoms with E-state index in [9.17, 15) is 18.8 Å². The summed E-state index contributed by atoms with van der Waals surface area (Å²) < 4.78 is 19.5. The molecule has 2 heterocycles. The number of rotatable bonds is 6. The fraction of sp³-hybridized carbons (Fsp3) is 0.452. The van der Waals surface area contributed by atoms with Gasteiger partial charge >= 0.3 is 6.09 Å². The third-order valence-corrected chi connectivity index (χ3v) is 9.34. The SMILES string of the molecule is CCOC(=O)N1CCC(NC(=O)c2ccc(/C=C3\SC4CCCCC4N(Cc4ccccc4F)C3=O)cc2)CC1. The molecule has 1 saturated carbocycles. The van der Waals surface area contributed by atoms with Gasteiger partial charge in [-0.15, -0.1) is 11.8 Å². The van der Waals surface area contributed by atoms with Gasteiger partial charge < -0.3 is 19.9 Å². The van der Waals surface area contributed by atoms with Crippen LogP contribution in [0.15, 0.2) is 53.4 Å². The van der Waals surface area contributed by atoms with Crippen molar-refractivity contribution in [3.05, 3.63) is 75.9 Å². The number of halogens is 1. The molecule has 2 aromatic rings. The highest BCUT2D eigenvalue weighted by Gasteiger charge is 2.40. The zero-order chi connectivity index (χ0) is 28.1. The third kappa shape index (κ3) is 6.52. The number of hydrogen-bond acceptors (Lipinski definition) is 5. The van der Waals surface area contributed by atoms with Gasteiger partial charge in [-0.25, -0.2) is 9.18 Å². The summed E-state index contributed by atoms with van der Waals surface area (Å²) in [6.45, 7) is 3.51. The second-order valence-corrected chi connectivity index (χ2v) is 11.9. The Morgan fingerprint density at radius 2 is 1.77 bits per heavy atom. The highest BCUT2D eigenvalue weighted by atomic mass is 32.2. The van der Waals surface area contributed by atoms with Gasteiger partial charge in [0.2, 0.25) is 0 Å². The lowest BCUT2D eigenvalue weighted by Gasteiger charge is -2.44. The first-order chi connectivity index (χ1) is 19.4. The molecule has 0 bridgehead atoms. The molecule has 40 heavy (non-hydrogen) atoms. The van der Waals surface area contributed by atoms with Crippen LogP contribution in [-0.4, -0.2) is 64.7 Å². The van der Waals surface area contributed by atoms with E-state index in [1.807, 2.05) is 23.1 Å². The summed E-state index contributed by atoms with van der Waals surface area (Å²) in [5.41, 5.74) is 1.93. The van der Waals surface area contributed by atoms with Crippen molar-refractivity contribution in [2.45, 2.75) is 69.3 Å². The molecule has 2 atom stereocenters. The van der Waals surface area contributed by atoms with Crippen molar-refractivity contribution in [2.75, 3.05) is 19.7 Å². The van der Waals surface area contributed by atoms with E-state index in [1.54, 1.807) is 53.9 Å². The van der Waals surface area contributed by atoms with Crippen molar-refractivity contribution in [1.82, 2.24) is 15.1 Å². The second-order valence-electron chi connectivity index (χ2n) is 10.6. The van der Waals surface area contributed by atoms with Crippen molar-refractivity contribution >= 4 is 35.7 Å². The van der Waals surface area contributed by atoms with E-state index < -0.39 is 0 Å². The smallest absolute Gasteiger partial charge is 0.409 e. The first-order valence-electron chi connectivity index (χ1n) is 14.2. The summed E-state index contributed by atoms with van der Waals surface area (Å²) >= 11 is 1.64. The summed E-state index contributed by atoms with van der Waals surface area (Å²) in [6, 6.07) is 14.0. The van der Waals surface area contributed by atoms with Gasteiger partial charge in [0, 0.05) is 48.1 Å². The first kappa shape index (κ1) is 28.2. The lowest BCUT2D eigenvalue weighted by atomic mass is 9.92. The molecule has 0 aromatic heterocycles. The summed E-state index contributed by atoms with van der Waals surface area (Å²) in [7, 11) is 0. The molecule has 1 aliphatic carbocycles. The van der Waals surface area contributed by atoms with E-state index >= 15 is 0 Å². The highest BCUT2D eigenvalue weighted by molar-refractivity contribution is 8.04. The fourth-order valence-electron chi connectivity index (χ4n) is 5.74. The molecule has 7 nitrogen and oxygen atoms in total. The normalized spacial score (nSPS) is 22.6. The van der Waals surface area contributed by atoms with E-state index in [-0.39, 0.29) is 42.4 Å². The Labute approximate surface area is 239 Å². The lowest BCUT2D eigenvalue weighted by Crippen LogP contribution is -2.50. The summed E-state index contributed by atoms with van der Waals surface area (Å²) in [6.07, 6.45) is 7.13. The largest absolute Gasteiger partial charge is 0.450 e. The van der Waals surface area contributed by atoms with Crippen LogP contribution < -0.4 is 5.32 Å². The Balaban J connectivity index is 1.24. The van der Waals surface area contributed by atoms with Gasteiger partial charge in [0.25, 0.3) is 11.8 Å². The molecule has 0 radical (unpaired) electrons. The lowest BCUT2D eigenvalue weighted by molar-refractivity contribution is -0.130. The van der Waals surface area contributed by atoms with Crippen molar-refractivity contribution in [3.63, 3.8) is 0 Å². The zero-order valence-electron chi connectivity index (χ0n) is 22.8. The van der Waals surface area contributed by atoms with Gasteiger partial charge in [0.15, 0.2) is 0 Å². The monoisotopic (exact) mass is 565 g/mol. The Bertz CT molecular complexity index is 1260. The average molecular weight is 566 g/mol. The van der Waals surface area contributed by atoms with Crippen LogP contribution in [0, 0.1) is 5.82 Å². The average Bonchev–Trinajstić information content (AvgIpc) is 2.97. The number of amides is 3. The summed E-state index contributed by atoms with van der Waals surface area (Å²) in [4.78, 5) is 42.6. The van der Waals surface area contributed by atoms with Gasteiger partial charge in [0.1, 0.15) is 5.82 Å². The molecule has 3 amide bonds. The van der Waals surface area contributed by atoms with Gasteiger partial charge in [-0.2, -0.15) is 0 Å². The van der Waals surface area contributed by atoms with Crippen LogP contribution in [-0.2, 0) is 16.1 Å². The van der Waals surface area contributed by atoms with Crippen LogP contribution in [0.25, 0.3) is 6.08 Å². The summed E-state index contributed by atoms with van der Waals surface area (Å²) in [5.74, 6) is -0.504. The third-order valence-electron chi connectivity index (χ3n) is 7.94. The predicted molar refractivity (Wildman–Crippen MR) is 154 cm³/mol. The number of hydrogen-bond donors (Lipinski definition) is 1. The van der Waals surface area contributed by atoms with Gasteiger partial charge in [-0.1, -0.05) is 43.2 Å². The van der Waals surface area contributed by atoms with Crippen molar-refractivity contribution < 1.29 is 23.5 Å². The molecule has 3 aliphatic rings. The topological polar surface area (TPSA) is 79.0 Å². The standard InChI is InChI=1S/C31H36FN3O4S/c1-2-39-31(38)34-17-15-24(16-18-34)33-29(36)22-13-11-21(12-14-22)19-28-30(37)35(20-23-7-3-4-8-25(23)32)26-9-5-6-10-27(26)40-28/h3-4,7-8,11-14,19,24,26-27H,2,5-6,9-10,15-18,20H2,1H3,(H,33,36)/b28-19-. The number of ether oxygens (including phenoxy) is 1. The summed E-state index contributed by atoms with van der Waals surface area (Å²) in [5, 5.41) is 3.37. The number of carbonyl (C=O) groups is 3. The van der Waals surface area contributed by atoms with Gasteiger partial charge in [0.05, 0.1) is 11.5 Å². The van der Waals surface area contributed by atoms with Crippen LogP contribution in [0.4, 0.5) is 9.18 Å². The maximum atomic E-state index is 14.5. The number of nitrogens with one attached hydrogen (secondary N) is 1. The minimum Gasteiger partial charge on any atom is -0.450 e. The van der Waals surface area contributed by atoms with Gasteiger partial charge in [-0.3, -0.25) is 9.59 Å². The maximum Gasteiger partial charge on any atom is 0.409 e. The minimum atomic E-state index is -0.305. The number of piperidine rings is 1. The molecule has 1 N–H and O–H groups in total. The molecule has 2 aromatic carbocycles. The second kappa shape index (κ2) is 12.9. The molecule has 2 aliphatic heterocycles. The number of nitrogens with zero attached hydrogens (tertiary/aromatic N) is 2. The molecule has 2 saturated heterocycles. The van der Waals surface area contributed by atoms with Crippen LogP contribution in [0.1, 0.15) is 66.9 Å². The number of benzene rings is 2. The molecular formula is C31H36FN3O4S. The predicted octanol–water partition coefficient (Wildman–Crippen LogP) is 5.60. The maximum absolute atomic E-state index is 14.5. The van der Waals surface area contributed by atoms with Crippen molar-refractivity contribution in [3.8, 4) is 0 Å². The molecular weight excluding hydrogens is 529 g/mol. The Morgan fingerprint density at radius 1 is 1.05 bits per heavy atom. The molecule has 5 rings (SSSR count). The Hall–Kier alpha value is -3.33. The number of likely N-dealkylation sites (tertiary alicyclic amines) is 1. The molecule has 2 unspecified atom stereocenters. The quantitative estimate of drug-likeness (QED) is 0.461. The molecule has 9 heteroatoms. The van der Waals surface area contributed by atoms with Crippen LogP contribution in [0.5, 0.6) is 0 Å². The highest BCUT2D eigenvalue weighted by Crippen LogP contribution is 2.42. The van der Waals surface area contributed by atoms with E-state index in [1.165, 1.54) is 6.07 Å². The number of thioether (sulfide) groups is 1. The van der Waals surface area contributed by atoms with E-state index in [0.717, 1.165) is 31.2 Å². The first-order valence-corrected chi connectivity index (χ1v) is 15.1. The molecule has 3 fully saturated rings. The number of fused-ring (bicyclic) bond motifs is 1. The van der Waals surface area contributed by atoms with E-state index in [0.29, 0.717) is 53.8 Å². The van der Waals surface area contributed by atoms with Gasteiger partial charge in [-0.05, 0) is 62.4 Å². The van der Waals surface area contributed by atoms with Crippen LogP contribution in [0.2, 0.25) is 0 Å². The zero-order valence-corrected chi connectivity index (χ0v) is 23.6. The van der Waals surface area contributed by atoms with Crippen molar-refractivity contribution in [2.24, 2.45) is 0 Å². The number of carbonyl (C=O) groups excluding carboxylic acids is 3. The van der Waals surface area contributed by atoms with Crippen LogP contribution >= 0.6 is 11.8 Å². The fourth-order valence-corrected chi connectivity index (χ4v) is 7.22. The Morgan fingerprint density at radius 3 is 2.50 bits per heavy atom. The molecule has 212 valence electrons. The van der Waals surface area contributed by atoms with E-state index in [4.69, 9.17) is 4.74 Å².